The minimum absolute atomic E-state index is 0.174. The van der Waals surface area contributed by atoms with E-state index in [9.17, 15) is 19.2 Å². The Morgan fingerprint density at radius 1 is 0.377 bits per heavy atom. The van der Waals surface area contributed by atoms with Crippen molar-refractivity contribution in [2.75, 3.05) is 0 Å². The van der Waals surface area contributed by atoms with Gasteiger partial charge in [0.1, 0.15) is 11.2 Å². The molecule has 0 saturated carbocycles. The van der Waals surface area contributed by atoms with Gasteiger partial charge in [0, 0.05) is 38.2 Å². The lowest BCUT2D eigenvalue weighted by molar-refractivity contribution is 0.669. The minimum Gasteiger partial charge on any atom is -0.456 e. The molecular formula is C63H42N4OSi. The highest BCUT2D eigenvalue weighted by Gasteiger charge is 2.41. The van der Waals surface area contributed by atoms with Crippen LogP contribution in [-0.2, 0) is 0 Å². The molecule has 0 spiro atoms. The van der Waals surface area contributed by atoms with Gasteiger partial charge in [-0.15, -0.1) is 0 Å². The lowest BCUT2D eigenvalue weighted by Gasteiger charge is -2.34. The van der Waals surface area contributed by atoms with Crippen LogP contribution in [0.1, 0.15) is 31.5 Å². The van der Waals surface area contributed by atoms with E-state index in [0.717, 1.165) is 25.3 Å². The van der Waals surface area contributed by atoms with E-state index in [1.807, 2.05) is 97.1 Å². The smallest absolute Gasteiger partial charge is 0.179 e. The Labute approximate surface area is 432 Å². The lowest BCUT2D eigenvalue weighted by Crippen LogP contribution is -2.74. The molecule has 5 nitrogen and oxygen atoms in total. The lowest BCUT2D eigenvalue weighted by atomic mass is 9.97. The van der Waals surface area contributed by atoms with Crippen molar-refractivity contribution in [3.05, 3.63) is 254 Å². The van der Waals surface area contributed by atoms with Crippen LogP contribution < -0.4 is 20.7 Å². The van der Waals surface area contributed by atoms with Crippen molar-refractivity contribution in [1.29, 1.82) is 0 Å². The Hall–Kier alpha value is -8.97. The van der Waals surface area contributed by atoms with Gasteiger partial charge in [0.15, 0.2) is 25.5 Å². The zero-order chi connectivity index (χ0) is 65.7. The molecule has 324 valence electrons. The molecule has 0 amide bonds. The Morgan fingerprint density at radius 2 is 0.870 bits per heavy atom. The molecule has 13 aromatic rings. The normalized spacial score (nSPS) is 16.4. The molecule has 0 aliphatic heterocycles. The predicted octanol–water partition coefficient (Wildman–Crippen LogP) is 12.9. The largest absolute Gasteiger partial charge is 0.456 e. The van der Waals surface area contributed by atoms with E-state index >= 15 is 0 Å². The SMILES string of the molecule is [2H]c1c([2H])c([2H])c(-c2c([2H])c([2H])c3oc4c([2H])c([2H])c([2H])c([2H])c4c3c2[2H])c(-c2nc(-c3cccc([Si](c4ccccc4)(c4ccccc4)c4ccccc4)c3)nc(-c3c([2H])c([2H])c([2H])c([2H])c3-n3c4c([2H])c([2H])c([2H])c([2H])c4c4c([2H])c([2H])c([2H])c([2H])c43)n2)c1[2H]. The second-order valence-corrected chi connectivity index (χ2v) is 19.6. The molecule has 0 N–H and O–H groups in total. The maximum absolute atomic E-state index is 9.85. The van der Waals surface area contributed by atoms with Crippen LogP contribution in [0.2, 0.25) is 0 Å². The summed E-state index contributed by atoms with van der Waals surface area (Å²) in [5.74, 6) is -1.75. The fourth-order valence-electron chi connectivity index (χ4n) is 9.06. The molecule has 69 heavy (non-hydrogen) atoms. The van der Waals surface area contributed by atoms with Crippen LogP contribution in [0.4, 0.5) is 0 Å². The summed E-state index contributed by atoms with van der Waals surface area (Å²) < 4.78 is 218. The van der Waals surface area contributed by atoms with Crippen molar-refractivity contribution < 1.29 is 35.9 Å². The zero-order valence-corrected chi connectivity index (χ0v) is 36.7. The predicted molar refractivity (Wildman–Crippen MR) is 287 cm³/mol. The number of aromatic nitrogens is 4. The van der Waals surface area contributed by atoms with Crippen LogP contribution in [-0.4, -0.2) is 27.6 Å². The minimum atomic E-state index is -3.45. The Morgan fingerprint density at radius 3 is 1.52 bits per heavy atom. The molecule has 6 heteroatoms. The summed E-state index contributed by atoms with van der Waals surface area (Å²) in [7, 11) is -3.45. The van der Waals surface area contributed by atoms with Gasteiger partial charge >= 0.3 is 0 Å². The first-order valence-corrected chi connectivity index (χ1v) is 23.5. The number of nitrogens with zero attached hydrogens (tertiary/aromatic N) is 4. The molecule has 0 radical (unpaired) electrons. The number of para-hydroxylation sites is 4. The van der Waals surface area contributed by atoms with Gasteiger partial charge in [-0.05, 0) is 74.2 Å². The molecule has 3 heterocycles. The molecule has 0 saturated heterocycles. The number of furan rings is 1. The Bertz CT molecular complexity index is 5230. The van der Waals surface area contributed by atoms with Crippen molar-refractivity contribution in [3.8, 4) is 51.0 Å². The average molecular weight is 922 g/mol. The quantitative estimate of drug-likeness (QED) is 0.107. The number of hydrogen-bond donors (Lipinski definition) is 0. The maximum Gasteiger partial charge on any atom is 0.179 e. The van der Waals surface area contributed by atoms with Gasteiger partial charge in [0.2, 0.25) is 0 Å². The van der Waals surface area contributed by atoms with E-state index in [4.69, 9.17) is 31.7 Å². The third-order valence-electron chi connectivity index (χ3n) is 12.0. The van der Waals surface area contributed by atoms with Gasteiger partial charge in [-0.25, -0.2) is 15.0 Å². The molecule has 0 bridgehead atoms. The first-order chi connectivity index (χ1) is 43.8. The number of benzene rings is 10. The third-order valence-corrected chi connectivity index (χ3v) is 16.8. The summed E-state index contributed by atoms with van der Waals surface area (Å²) in [6.45, 7) is 0. The van der Waals surface area contributed by atoms with E-state index < -0.39 is 225 Å². The third kappa shape index (κ3) is 6.72. The topological polar surface area (TPSA) is 56.7 Å². The average Bonchev–Trinajstić information content (AvgIpc) is 1.52. The molecule has 13 rings (SSSR count). The summed E-state index contributed by atoms with van der Waals surface area (Å²) >= 11 is 0. The van der Waals surface area contributed by atoms with Crippen LogP contribution in [0.3, 0.4) is 0 Å². The number of fused-ring (bicyclic) bond motifs is 6. The van der Waals surface area contributed by atoms with Crippen molar-refractivity contribution in [1.82, 2.24) is 19.5 Å². The summed E-state index contributed by atoms with van der Waals surface area (Å²) in [6.07, 6.45) is 0. The van der Waals surface area contributed by atoms with Gasteiger partial charge in [0.25, 0.3) is 0 Å². The van der Waals surface area contributed by atoms with Gasteiger partial charge in [-0.1, -0.05) is 212 Å². The highest BCUT2D eigenvalue weighted by Crippen LogP contribution is 2.39. The zero-order valence-electron chi connectivity index (χ0n) is 58.7. The van der Waals surface area contributed by atoms with Crippen molar-refractivity contribution in [3.63, 3.8) is 0 Å². The van der Waals surface area contributed by atoms with Crippen LogP contribution in [0, 0.1) is 0 Å². The number of rotatable bonds is 9. The Balaban J connectivity index is 1.22. The molecular weight excluding hydrogens is 857 g/mol. The highest BCUT2D eigenvalue weighted by molar-refractivity contribution is 7.19. The highest BCUT2D eigenvalue weighted by atomic mass is 28.3. The van der Waals surface area contributed by atoms with E-state index in [1.54, 1.807) is 18.2 Å². The summed E-state index contributed by atoms with van der Waals surface area (Å²) in [6, 6.07) is 17.4. The molecule has 0 aliphatic rings. The monoisotopic (exact) mass is 921 g/mol. The molecule has 0 aliphatic carbocycles. The van der Waals surface area contributed by atoms with Gasteiger partial charge in [-0.2, -0.15) is 0 Å². The molecule has 10 aromatic carbocycles. The van der Waals surface area contributed by atoms with Crippen LogP contribution >= 0.6 is 0 Å². The molecule has 0 atom stereocenters. The van der Waals surface area contributed by atoms with E-state index in [1.165, 1.54) is 0 Å². The maximum atomic E-state index is 9.85. The first-order valence-electron chi connectivity index (χ1n) is 33.0. The molecule has 0 fully saturated rings. The van der Waals surface area contributed by atoms with Crippen LogP contribution in [0.25, 0.3) is 94.7 Å². The fraction of sp³-hybridized carbons (Fsp3) is 0. The standard InChI is InChI=1S/C63H42N4OSi/c1-4-22-45(23-5-1)69(46-24-6-2-7-25-46,47-26-8-3-9-27-47)48-28-20-21-44(41-48)61-64-62(53-33-11-10-29-49(53)43-39-40-60-55(42-43)52-32-15-19-38-59(52)68-60)66-63(65-61)54-34-14-18-37-58(54)67-56-35-16-12-30-50(56)51-31-13-17-36-57(51)67/h1-42H/i10D,11D,12D,13D,14D,15D,16D,17D,18D,19D,29D,30D,31D,32D,33D,34D,35D,36D,37D,38D,39D,40D,42D. The van der Waals surface area contributed by atoms with Crippen molar-refractivity contribution in [2.45, 2.75) is 0 Å². The second-order valence-electron chi connectivity index (χ2n) is 15.8. The van der Waals surface area contributed by atoms with Gasteiger partial charge in [0.05, 0.1) is 48.2 Å². The van der Waals surface area contributed by atoms with Crippen molar-refractivity contribution in [2.24, 2.45) is 0 Å². The van der Waals surface area contributed by atoms with Crippen LogP contribution in [0.15, 0.2) is 259 Å². The molecule has 3 aromatic heterocycles. The van der Waals surface area contributed by atoms with Crippen molar-refractivity contribution >= 4 is 72.6 Å². The van der Waals surface area contributed by atoms with Gasteiger partial charge in [-0.3, -0.25) is 0 Å². The first kappa shape index (κ1) is 23.2. The summed E-state index contributed by atoms with van der Waals surface area (Å²) in [5.41, 5.74) is -5.30. The second kappa shape index (κ2) is 16.7. The summed E-state index contributed by atoms with van der Waals surface area (Å²) in [4.78, 5) is 14.8. The number of hydrogen-bond acceptors (Lipinski definition) is 4. The van der Waals surface area contributed by atoms with E-state index in [-0.39, 0.29) is 16.8 Å². The van der Waals surface area contributed by atoms with E-state index in [0.29, 0.717) is 0 Å². The summed E-state index contributed by atoms with van der Waals surface area (Å²) in [5, 5.41) is 1.88. The van der Waals surface area contributed by atoms with Crippen LogP contribution in [0.5, 0.6) is 0 Å². The van der Waals surface area contributed by atoms with E-state index in [2.05, 4.69) is 0 Å². The fourth-order valence-corrected chi connectivity index (χ4v) is 13.9. The van der Waals surface area contributed by atoms with Gasteiger partial charge < -0.3 is 8.98 Å². The Kier molecular flexibility index (Phi) is 5.61. The molecule has 0 unspecified atom stereocenters.